The van der Waals surface area contributed by atoms with E-state index < -0.39 is 5.97 Å². The lowest BCUT2D eigenvalue weighted by Crippen LogP contribution is -2.34. The molecular weight excluding hydrogens is 288 g/mol. The van der Waals surface area contributed by atoms with E-state index in [0.29, 0.717) is 19.0 Å². The van der Waals surface area contributed by atoms with E-state index >= 15 is 0 Å². The molecule has 8 heteroatoms. The summed E-state index contributed by atoms with van der Waals surface area (Å²) in [4.78, 5) is 23.4. The van der Waals surface area contributed by atoms with Crippen LogP contribution in [0.25, 0.3) is 0 Å². The maximum Gasteiger partial charge on any atom is 0.356 e. The number of urea groups is 1. The van der Waals surface area contributed by atoms with Gasteiger partial charge in [-0.25, -0.2) is 9.59 Å². The Morgan fingerprint density at radius 1 is 1.41 bits per heavy atom. The first-order valence-electron chi connectivity index (χ1n) is 7.16. The van der Waals surface area contributed by atoms with Gasteiger partial charge < -0.3 is 14.8 Å². The highest BCUT2D eigenvalue weighted by Gasteiger charge is 2.42. The molecule has 2 N–H and O–H groups in total. The smallest absolute Gasteiger partial charge is 0.356 e. The molecule has 0 atom stereocenters. The van der Waals surface area contributed by atoms with E-state index in [1.807, 2.05) is 0 Å². The van der Waals surface area contributed by atoms with Crippen LogP contribution < -0.4 is 10.6 Å². The zero-order chi connectivity index (χ0) is 16.2. The summed E-state index contributed by atoms with van der Waals surface area (Å²) in [6.45, 7) is 1.31. The highest BCUT2D eigenvalue weighted by atomic mass is 16.5. The Morgan fingerprint density at radius 2 is 2.14 bits per heavy atom. The van der Waals surface area contributed by atoms with Gasteiger partial charge in [-0.05, 0) is 24.7 Å². The Bertz CT molecular complexity index is 551. The molecule has 1 aromatic heterocycles. The molecule has 0 aliphatic heterocycles. The second kappa shape index (κ2) is 6.78. The van der Waals surface area contributed by atoms with Crippen molar-refractivity contribution in [2.45, 2.75) is 19.3 Å². The van der Waals surface area contributed by atoms with Gasteiger partial charge in [0.25, 0.3) is 0 Å². The quantitative estimate of drug-likeness (QED) is 0.737. The van der Waals surface area contributed by atoms with Crippen molar-refractivity contribution in [3.8, 4) is 0 Å². The minimum Gasteiger partial charge on any atom is -0.464 e. The Morgan fingerprint density at radius 3 is 2.73 bits per heavy atom. The van der Waals surface area contributed by atoms with Crippen molar-refractivity contribution in [3.05, 3.63) is 11.8 Å². The molecular formula is C14H22N4O4. The van der Waals surface area contributed by atoms with E-state index in [0.717, 1.165) is 19.3 Å². The Labute approximate surface area is 129 Å². The van der Waals surface area contributed by atoms with Crippen molar-refractivity contribution in [2.24, 2.45) is 12.5 Å². The average Bonchev–Trinajstić information content (AvgIpc) is 3.19. The van der Waals surface area contributed by atoms with E-state index in [1.54, 1.807) is 14.2 Å². The molecule has 0 saturated heterocycles. The fourth-order valence-corrected chi connectivity index (χ4v) is 2.26. The molecule has 1 fully saturated rings. The molecule has 122 valence electrons. The summed E-state index contributed by atoms with van der Waals surface area (Å²) in [7, 11) is 4.58. The average molecular weight is 310 g/mol. The van der Waals surface area contributed by atoms with Gasteiger partial charge >= 0.3 is 12.0 Å². The van der Waals surface area contributed by atoms with Crippen molar-refractivity contribution in [3.63, 3.8) is 0 Å². The van der Waals surface area contributed by atoms with Crippen molar-refractivity contribution >= 4 is 17.8 Å². The number of methoxy groups -OCH3 is 2. The molecule has 1 heterocycles. The number of hydrogen-bond acceptors (Lipinski definition) is 5. The minimum atomic E-state index is -0.500. The number of carbonyl (C=O) groups excluding carboxylic acids is 2. The van der Waals surface area contributed by atoms with Gasteiger partial charge in [0.1, 0.15) is 5.69 Å². The molecule has 1 aliphatic carbocycles. The van der Waals surface area contributed by atoms with Gasteiger partial charge in [0, 0.05) is 33.4 Å². The molecule has 1 aromatic rings. The van der Waals surface area contributed by atoms with Gasteiger partial charge in [0.15, 0.2) is 5.82 Å². The highest BCUT2D eigenvalue weighted by Crippen LogP contribution is 2.48. The molecule has 0 unspecified atom stereocenters. The van der Waals surface area contributed by atoms with Crippen LogP contribution in [0.1, 0.15) is 29.8 Å². The zero-order valence-electron chi connectivity index (χ0n) is 13.1. The second-order valence-corrected chi connectivity index (χ2v) is 5.58. The molecule has 22 heavy (non-hydrogen) atoms. The van der Waals surface area contributed by atoms with Crippen LogP contribution >= 0.6 is 0 Å². The summed E-state index contributed by atoms with van der Waals surface area (Å²) in [5, 5.41) is 9.51. The topological polar surface area (TPSA) is 94.5 Å². The van der Waals surface area contributed by atoms with Gasteiger partial charge in [-0.2, -0.15) is 5.10 Å². The van der Waals surface area contributed by atoms with Crippen molar-refractivity contribution in [1.82, 2.24) is 15.1 Å². The summed E-state index contributed by atoms with van der Waals surface area (Å²) in [6, 6.07) is 1.14. The van der Waals surface area contributed by atoms with E-state index in [-0.39, 0.29) is 17.1 Å². The Kier molecular flexibility index (Phi) is 5.02. The van der Waals surface area contributed by atoms with E-state index in [1.165, 1.54) is 17.9 Å². The Hall–Kier alpha value is -2.09. The summed E-state index contributed by atoms with van der Waals surface area (Å²) in [5.74, 6) is -0.193. The number of ether oxygens (including phenoxy) is 2. The Balaban J connectivity index is 1.84. The maximum atomic E-state index is 11.9. The molecule has 0 spiro atoms. The number of nitrogens with zero attached hydrogens (tertiary/aromatic N) is 2. The summed E-state index contributed by atoms with van der Waals surface area (Å²) >= 11 is 0. The van der Waals surface area contributed by atoms with Gasteiger partial charge in [-0.15, -0.1) is 0 Å². The molecule has 8 nitrogen and oxygen atoms in total. The predicted molar refractivity (Wildman–Crippen MR) is 79.7 cm³/mol. The normalized spacial score (nSPS) is 15.2. The van der Waals surface area contributed by atoms with Crippen molar-refractivity contribution in [2.75, 3.05) is 32.7 Å². The van der Waals surface area contributed by atoms with Crippen LogP contribution in [-0.2, 0) is 16.5 Å². The largest absolute Gasteiger partial charge is 0.464 e. The summed E-state index contributed by atoms with van der Waals surface area (Å²) < 4.78 is 11.1. The summed E-state index contributed by atoms with van der Waals surface area (Å²) in [5.41, 5.74) is 0.450. The third-order valence-electron chi connectivity index (χ3n) is 3.93. The van der Waals surface area contributed by atoms with E-state index in [9.17, 15) is 9.59 Å². The first kappa shape index (κ1) is 16.3. The maximum absolute atomic E-state index is 11.9. The number of aromatic nitrogens is 2. The van der Waals surface area contributed by atoms with Crippen molar-refractivity contribution < 1.29 is 19.1 Å². The number of nitrogens with one attached hydrogen (secondary N) is 2. The predicted octanol–water partition coefficient (Wildman–Crippen LogP) is 1.14. The molecule has 2 amide bonds. The molecule has 1 aliphatic rings. The van der Waals surface area contributed by atoms with Crippen LogP contribution in [0.3, 0.4) is 0 Å². The third kappa shape index (κ3) is 3.97. The number of aryl methyl sites for hydroxylation is 1. The van der Waals surface area contributed by atoms with Gasteiger partial charge in [0.05, 0.1) is 7.11 Å². The number of anilines is 1. The van der Waals surface area contributed by atoms with Crippen LogP contribution in [0.4, 0.5) is 10.6 Å². The lowest BCUT2D eigenvalue weighted by molar-refractivity contribution is 0.0588. The van der Waals surface area contributed by atoms with Gasteiger partial charge in [-0.3, -0.25) is 10.00 Å². The minimum absolute atomic E-state index is 0.175. The fourth-order valence-electron chi connectivity index (χ4n) is 2.26. The van der Waals surface area contributed by atoms with E-state index in [4.69, 9.17) is 4.74 Å². The fraction of sp³-hybridized carbons (Fsp3) is 0.643. The standard InChI is InChI=1S/C14H22N4O4/c1-18-10(12(19)22-3)8-11(17-18)16-13(20)15-9-14(4-5-14)6-7-21-2/h8H,4-7,9H2,1-3H3,(H2,15,16,17,20). The second-order valence-electron chi connectivity index (χ2n) is 5.58. The molecule has 1 saturated carbocycles. The number of hydrogen-bond donors (Lipinski definition) is 2. The van der Waals surface area contributed by atoms with Gasteiger partial charge in [0.2, 0.25) is 0 Å². The van der Waals surface area contributed by atoms with Crippen LogP contribution in [0.15, 0.2) is 6.07 Å². The summed E-state index contributed by atoms with van der Waals surface area (Å²) in [6.07, 6.45) is 3.15. The van der Waals surface area contributed by atoms with Crippen LogP contribution in [0, 0.1) is 5.41 Å². The van der Waals surface area contributed by atoms with E-state index in [2.05, 4.69) is 20.5 Å². The number of rotatable bonds is 7. The number of carbonyl (C=O) groups is 2. The molecule has 0 aromatic carbocycles. The first-order valence-corrected chi connectivity index (χ1v) is 7.16. The number of esters is 1. The molecule has 0 radical (unpaired) electrons. The van der Waals surface area contributed by atoms with Crippen LogP contribution in [0.2, 0.25) is 0 Å². The van der Waals surface area contributed by atoms with Crippen LogP contribution in [-0.4, -0.2) is 49.2 Å². The highest BCUT2D eigenvalue weighted by molar-refractivity contribution is 5.92. The van der Waals surface area contributed by atoms with Gasteiger partial charge in [-0.1, -0.05) is 0 Å². The lowest BCUT2D eigenvalue weighted by atomic mass is 10.0. The molecule has 0 bridgehead atoms. The third-order valence-corrected chi connectivity index (χ3v) is 3.93. The molecule has 2 rings (SSSR count). The number of amides is 2. The van der Waals surface area contributed by atoms with Crippen molar-refractivity contribution in [1.29, 1.82) is 0 Å². The SMILES string of the molecule is COCCC1(CNC(=O)Nc2cc(C(=O)OC)n(C)n2)CC1. The monoisotopic (exact) mass is 310 g/mol. The lowest BCUT2D eigenvalue weighted by Gasteiger charge is -2.15. The zero-order valence-corrected chi connectivity index (χ0v) is 13.1. The first-order chi connectivity index (χ1) is 10.5. The van der Waals surface area contributed by atoms with Crippen LogP contribution in [0.5, 0.6) is 0 Å².